The van der Waals surface area contributed by atoms with Crippen LogP contribution in [0.5, 0.6) is 0 Å². The van der Waals surface area contributed by atoms with Gasteiger partial charge in [0.2, 0.25) is 0 Å². The van der Waals surface area contributed by atoms with Gasteiger partial charge in [0.25, 0.3) is 5.91 Å². The molecule has 2 N–H and O–H groups in total. The van der Waals surface area contributed by atoms with Crippen molar-refractivity contribution in [1.29, 1.82) is 0 Å². The van der Waals surface area contributed by atoms with Crippen molar-refractivity contribution >= 4 is 16.8 Å². The molecule has 0 aliphatic carbocycles. The summed E-state index contributed by atoms with van der Waals surface area (Å²) in [5.41, 5.74) is 8.26. The highest BCUT2D eigenvalue weighted by Gasteiger charge is 2.37. The summed E-state index contributed by atoms with van der Waals surface area (Å²) in [7, 11) is 4.14. The molecule has 2 aromatic rings. The Morgan fingerprint density at radius 3 is 2.57 bits per heavy atom. The highest BCUT2D eigenvalue weighted by atomic mass is 16.1. The maximum Gasteiger partial charge on any atom is 0.269 e. The molecular weight excluding hydrogens is 288 g/mol. The second kappa shape index (κ2) is 5.34. The summed E-state index contributed by atoms with van der Waals surface area (Å²) in [6.45, 7) is 0. The largest absolute Gasteiger partial charge is 0.364 e. The number of fused-ring (bicyclic) bond motifs is 3. The number of aromatic nitrogens is 2. The summed E-state index contributed by atoms with van der Waals surface area (Å²) < 4.78 is 1.77. The molecule has 2 saturated heterocycles. The first-order chi connectivity index (χ1) is 11.1. The van der Waals surface area contributed by atoms with Crippen LogP contribution in [0.25, 0.3) is 10.9 Å². The molecule has 122 valence electrons. The number of carbonyl (C=O) groups excluding carboxylic acids is 1. The minimum atomic E-state index is -0.434. The van der Waals surface area contributed by atoms with Gasteiger partial charge in [-0.05, 0) is 50.3 Å². The molecule has 1 amide bonds. The molecule has 5 heteroatoms. The van der Waals surface area contributed by atoms with Gasteiger partial charge in [-0.1, -0.05) is 18.6 Å². The lowest BCUT2D eigenvalue weighted by molar-refractivity contribution is 0.0558. The fourth-order valence-corrected chi connectivity index (χ4v) is 4.72. The number of aryl methyl sites for hydroxylation is 1. The summed E-state index contributed by atoms with van der Waals surface area (Å²) in [4.78, 5) is 14.4. The van der Waals surface area contributed by atoms with Gasteiger partial charge < -0.3 is 10.6 Å². The Hall–Kier alpha value is -1.88. The summed E-state index contributed by atoms with van der Waals surface area (Å²) in [6, 6.07) is 7.60. The average Bonchev–Trinajstić information content (AvgIpc) is 2.85. The Morgan fingerprint density at radius 2 is 1.91 bits per heavy atom. The van der Waals surface area contributed by atoms with Gasteiger partial charge in [-0.3, -0.25) is 9.48 Å². The number of benzene rings is 1. The van der Waals surface area contributed by atoms with E-state index in [0.717, 1.165) is 10.9 Å². The van der Waals surface area contributed by atoms with E-state index in [1.165, 1.54) is 37.7 Å². The molecule has 2 atom stereocenters. The number of piperidine rings is 2. The van der Waals surface area contributed by atoms with Crippen LogP contribution in [0, 0.1) is 0 Å². The number of carbonyl (C=O) groups is 1. The van der Waals surface area contributed by atoms with Crippen molar-refractivity contribution in [2.75, 3.05) is 7.05 Å². The topological polar surface area (TPSA) is 64.2 Å². The maximum absolute atomic E-state index is 11.8. The van der Waals surface area contributed by atoms with Gasteiger partial charge in [0, 0.05) is 24.5 Å². The fourth-order valence-electron chi connectivity index (χ4n) is 4.72. The molecule has 2 aliphatic heterocycles. The predicted octanol–water partition coefficient (Wildman–Crippen LogP) is 2.40. The van der Waals surface area contributed by atoms with Crippen molar-refractivity contribution < 1.29 is 4.79 Å². The molecule has 2 fully saturated rings. The second-order valence-electron chi connectivity index (χ2n) is 7.15. The first-order valence-corrected chi connectivity index (χ1v) is 8.53. The number of nitrogens with zero attached hydrogens (tertiary/aromatic N) is 3. The molecule has 2 unspecified atom stereocenters. The number of hydrogen-bond donors (Lipinski definition) is 1. The average molecular weight is 312 g/mol. The van der Waals surface area contributed by atoms with Crippen LogP contribution < -0.4 is 5.73 Å². The minimum absolute atomic E-state index is 0.419. The van der Waals surface area contributed by atoms with Crippen LogP contribution in [0.15, 0.2) is 18.2 Å². The van der Waals surface area contributed by atoms with Gasteiger partial charge in [-0.25, -0.2) is 0 Å². The van der Waals surface area contributed by atoms with E-state index in [1.807, 2.05) is 13.1 Å². The molecule has 5 nitrogen and oxygen atoms in total. The third-order valence-electron chi connectivity index (χ3n) is 5.92. The van der Waals surface area contributed by atoms with E-state index >= 15 is 0 Å². The minimum Gasteiger partial charge on any atom is -0.364 e. The summed E-state index contributed by atoms with van der Waals surface area (Å²) in [6.07, 6.45) is 6.25. The molecule has 0 saturated carbocycles. The van der Waals surface area contributed by atoms with Gasteiger partial charge in [-0.2, -0.15) is 5.10 Å². The van der Waals surface area contributed by atoms with Crippen LogP contribution in [0.2, 0.25) is 0 Å². The van der Waals surface area contributed by atoms with Crippen LogP contribution in [-0.4, -0.2) is 39.7 Å². The Balaban J connectivity index is 1.81. The highest BCUT2D eigenvalue weighted by Crippen LogP contribution is 2.42. The SMILES string of the molecule is CN1C2CCCC1CC(c1cccc3c1c(C(N)=O)nn3C)C2. The fraction of sp³-hybridized carbons (Fsp3) is 0.556. The highest BCUT2D eigenvalue weighted by molar-refractivity contribution is 6.05. The zero-order valence-corrected chi connectivity index (χ0v) is 13.8. The molecule has 2 bridgehead atoms. The molecule has 4 rings (SSSR count). The number of primary amides is 1. The van der Waals surface area contributed by atoms with E-state index in [1.54, 1.807) is 4.68 Å². The van der Waals surface area contributed by atoms with Crippen LogP contribution >= 0.6 is 0 Å². The van der Waals surface area contributed by atoms with Crippen LogP contribution in [-0.2, 0) is 7.05 Å². The van der Waals surface area contributed by atoms with Crippen LogP contribution in [0.4, 0.5) is 0 Å². The second-order valence-corrected chi connectivity index (χ2v) is 7.15. The van der Waals surface area contributed by atoms with E-state index < -0.39 is 5.91 Å². The molecule has 2 aliphatic rings. The van der Waals surface area contributed by atoms with Gasteiger partial charge in [-0.15, -0.1) is 0 Å². The Bertz CT molecular complexity index is 752. The van der Waals surface area contributed by atoms with Crippen molar-refractivity contribution in [1.82, 2.24) is 14.7 Å². The van der Waals surface area contributed by atoms with Gasteiger partial charge in [0.05, 0.1) is 5.52 Å². The van der Waals surface area contributed by atoms with Crippen molar-refractivity contribution in [3.63, 3.8) is 0 Å². The number of hydrogen-bond acceptors (Lipinski definition) is 3. The molecule has 3 heterocycles. The van der Waals surface area contributed by atoms with Crippen LogP contribution in [0.1, 0.15) is 54.1 Å². The van der Waals surface area contributed by atoms with Crippen molar-refractivity contribution in [3.05, 3.63) is 29.5 Å². The lowest BCUT2D eigenvalue weighted by Crippen LogP contribution is -2.49. The zero-order chi connectivity index (χ0) is 16.1. The normalized spacial score (nSPS) is 28.2. The first-order valence-electron chi connectivity index (χ1n) is 8.53. The molecule has 0 spiro atoms. The van der Waals surface area contributed by atoms with E-state index in [9.17, 15) is 4.79 Å². The monoisotopic (exact) mass is 312 g/mol. The number of amides is 1. The van der Waals surface area contributed by atoms with Crippen molar-refractivity contribution in [3.8, 4) is 0 Å². The van der Waals surface area contributed by atoms with Gasteiger partial charge in [0.15, 0.2) is 5.69 Å². The van der Waals surface area contributed by atoms with Crippen LogP contribution in [0.3, 0.4) is 0 Å². The molecule has 1 aromatic heterocycles. The Kier molecular flexibility index (Phi) is 3.41. The molecular formula is C18H24N4O. The van der Waals surface area contributed by atoms with E-state index in [4.69, 9.17) is 5.73 Å². The van der Waals surface area contributed by atoms with E-state index in [0.29, 0.717) is 23.7 Å². The molecule has 1 aromatic carbocycles. The van der Waals surface area contributed by atoms with Gasteiger partial charge in [0.1, 0.15) is 0 Å². The Labute approximate surface area is 136 Å². The quantitative estimate of drug-likeness (QED) is 0.926. The third kappa shape index (κ3) is 2.26. The summed E-state index contributed by atoms with van der Waals surface area (Å²) >= 11 is 0. The molecule has 23 heavy (non-hydrogen) atoms. The maximum atomic E-state index is 11.8. The lowest BCUT2D eigenvalue weighted by atomic mass is 9.75. The number of rotatable bonds is 2. The third-order valence-corrected chi connectivity index (χ3v) is 5.92. The molecule has 0 radical (unpaired) electrons. The lowest BCUT2D eigenvalue weighted by Gasteiger charge is -2.47. The van der Waals surface area contributed by atoms with Gasteiger partial charge >= 0.3 is 0 Å². The standard InChI is InChI=1S/C18H24N4O/c1-21-12-5-3-6-13(21)10-11(9-12)14-7-4-8-15-16(14)17(18(19)23)20-22(15)2/h4,7-8,11-13H,3,5-6,9-10H2,1-2H3,(H2,19,23). The van der Waals surface area contributed by atoms with Crippen molar-refractivity contribution in [2.24, 2.45) is 12.8 Å². The van der Waals surface area contributed by atoms with E-state index in [-0.39, 0.29) is 0 Å². The predicted molar refractivity (Wildman–Crippen MR) is 90.4 cm³/mol. The summed E-state index contributed by atoms with van der Waals surface area (Å²) in [5.74, 6) is 0.0590. The van der Waals surface area contributed by atoms with E-state index in [2.05, 4.69) is 29.2 Å². The summed E-state index contributed by atoms with van der Waals surface area (Å²) in [5, 5.41) is 5.33. The Morgan fingerprint density at radius 1 is 1.22 bits per heavy atom. The number of nitrogens with two attached hydrogens (primary N) is 1. The smallest absolute Gasteiger partial charge is 0.269 e. The van der Waals surface area contributed by atoms with Crippen molar-refractivity contribution in [2.45, 2.75) is 50.1 Å². The first kappa shape index (κ1) is 14.7. The zero-order valence-electron chi connectivity index (χ0n) is 13.8.